The maximum atomic E-state index is 12.7. The standard InChI is InChI=1S/C11H11BrF3NO/c12-6-3-7(9(16)5-1-2-5)10(17)8(4-6)11(13,14)15/h3-5,9,17H,1-2,16H2/t9-/m1/s1. The average molecular weight is 310 g/mol. The fourth-order valence-corrected chi connectivity index (χ4v) is 2.28. The largest absolute Gasteiger partial charge is 0.507 e. The molecule has 1 saturated carbocycles. The van der Waals surface area contributed by atoms with E-state index in [4.69, 9.17) is 5.73 Å². The highest BCUT2D eigenvalue weighted by atomic mass is 79.9. The van der Waals surface area contributed by atoms with Gasteiger partial charge < -0.3 is 10.8 Å². The molecule has 0 heterocycles. The fraction of sp³-hybridized carbons (Fsp3) is 0.455. The molecule has 0 saturated heterocycles. The van der Waals surface area contributed by atoms with Crippen LogP contribution >= 0.6 is 15.9 Å². The van der Waals surface area contributed by atoms with Crippen molar-refractivity contribution in [2.24, 2.45) is 11.7 Å². The summed E-state index contributed by atoms with van der Waals surface area (Å²) in [7, 11) is 0. The van der Waals surface area contributed by atoms with E-state index < -0.39 is 23.5 Å². The van der Waals surface area contributed by atoms with Crippen molar-refractivity contribution in [1.82, 2.24) is 0 Å². The van der Waals surface area contributed by atoms with Gasteiger partial charge in [0.15, 0.2) is 0 Å². The molecule has 6 heteroatoms. The minimum absolute atomic E-state index is 0.161. The molecule has 0 bridgehead atoms. The molecule has 3 N–H and O–H groups in total. The number of benzene rings is 1. The molecule has 94 valence electrons. The fourth-order valence-electron chi connectivity index (χ4n) is 1.80. The lowest BCUT2D eigenvalue weighted by Gasteiger charge is -2.17. The number of nitrogens with two attached hydrogens (primary N) is 1. The van der Waals surface area contributed by atoms with Gasteiger partial charge in [0.1, 0.15) is 5.75 Å². The Balaban J connectivity index is 2.48. The van der Waals surface area contributed by atoms with Crippen LogP contribution in [0.3, 0.4) is 0 Å². The predicted octanol–water partition coefficient (Wildman–Crippen LogP) is 3.58. The molecule has 1 aliphatic carbocycles. The molecule has 2 nitrogen and oxygen atoms in total. The quantitative estimate of drug-likeness (QED) is 0.877. The molecule has 1 aromatic rings. The van der Waals surface area contributed by atoms with Crippen LogP contribution in [0.1, 0.15) is 30.0 Å². The highest BCUT2D eigenvalue weighted by Crippen LogP contribution is 2.46. The topological polar surface area (TPSA) is 46.2 Å². The predicted molar refractivity (Wildman–Crippen MR) is 60.5 cm³/mol. The van der Waals surface area contributed by atoms with Gasteiger partial charge in [-0.1, -0.05) is 15.9 Å². The zero-order valence-corrected chi connectivity index (χ0v) is 10.3. The Morgan fingerprint density at radius 3 is 2.41 bits per heavy atom. The van der Waals surface area contributed by atoms with Crippen molar-refractivity contribution >= 4 is 15.9 Å². The maximum Gasteiger partial charge on any atom is 0.420 e. The van der Waals surface area contributed by atoms with Gasteiger partial charge in [-0.15, -0.1) is 0 Å². The number of alkyl halides is 3. The van der Waals surface area contributed by atoms with E-state index >= 15 is 0 Å². The molecule has 0 aromatic heterocycles. The lowest BCUT2D eigenvalue weighted by Crippen LogP contribution is -2.15. The van der Waals surface area contributed by atoms with Crippen molar-refractivity contribution in [3.8, 4) is 5.75 Å². The minimum atomic E-state index is -4.58. The number of hydrogen-bond donors (Lipinski definition) is 2. The van der Waals surface area contributed by atoms with Crippen molar-refractivity contribution in [2.75, 3.05) is 0 Å². The highest BCUT2D eigenvalue weighted by molar-refractivity contribution is 9.10. The monoisotopic (exact) mass is 309 g/mol. The van der Waals surface area contributed by atoms with Crippen LogP contribution in [0, 0.1) is 5.92 Å². The van der Waals surface area contributed by atoms with Gasteiger partial charge in [0.2, 0.25) is 0 Å². The second-order valence-corrected chi connectivity index (χ2v) is 5.17. The third kappa shape index (κ3) is 2.57. The number of phenols is 1. The van der Waals surface area contributed by atoms with Crippen molar-refractivity contribution in [3.05, 3.63) is 27.7 Å². The molecule has 0 spiro atoms. The van der Waals surface area contributed by atoms with Gasteiger partial charge in [0, 0.05) is 16.1 Å². The third-order valence-electron chi connectivity index (χ3n) is 2.90. The summed E-state index contributed by atoms with van der Waals surface area (Å²) in [5.74, 6) is -0.573. The highest BCUT2D eigenvalue weighted by Gasteiger charge is 2.38. The third-order valence-corrected chi connectivity index (χ3v) is 3.36. The number of rotatable bonds is 2. The van der Waals surface area contributed by atoms with Crippen molar-refractivity contribution in [2.45, 2.75) is 25.1 Å². The van der Waals surface area contributed by atoms with Crippen LogP contribution < -0.4 is 5.73 Å². The van der Waals surface area contributed by atoms with Crippen LogP contribution in [-0.4, -0.2) is 5.11 Å². The van der Waals surface area contributed by atoms with E-state index in [1.807, 2.05) is 0 Å². The molecular formula is C11H11BrF3NO. The Kier molecular flexibility index (Phi) is 3.12. The van der Waals surface area contributed by atoms with E-state index in [0.29, 0.717) is 0 Å². The minimum Gasteiger partial charge on any atom is -0.507 e. The van der Waals surface area contributed by atoms with E-state index in [1.165, 1.54) is 6.07 Å². The van der Waals surface area contributed by atoms with Gasteiger partial charge in [-0.3, -0.25) is 0 Å². The Morgan fingerprint density at radius 2 is 1.94 bits per heavy atom. The smallest absolute Gasteiger partial charge is 0.420 e. The lowest BCUT2D eigenvalue weighted by atomic mass is 9.99. The van der Waals surface area contributed by atoms with Crippen molar-refractivity contribution in [3.63, 3.8) is 0 Å². The molecule has 1 aromatic carbocycles. The first-order chi connectivity index (χ1) is 7.80. The zero-order chi connectivity index (χ0) is 12.8. The van der Waals surface area contributed by atoms with Gasteiger partial charge in [0.05, 0.1) is 5.56 Å². The SMILES string of the molecule is N[C@@H](c1cc(Br)cc(C(F)(F)F)c1O)C1CC1. The van der Waals surface area contributed by atoms with Gasteiger partial charge in [0.25, 0.3) is 0 Å². The molecule has 1 aliphatic rings. The first-order valence-corrected chi connectivity index (χ1v) is 5.95. The van der Waals surface area contributed by atoms with E-state index in [-0.39, 0.29) is 16.0 Å². The molecule has 0 aliphatic heterocycles. The van der Waals surface area contributed by atoms with E-state index in [2.05, 4.69) is 15.9 Å². The van der Waals surface area contributed by atoms with Crippen LogP contribution in [0.15, 0.2) is 16.6 Å². The molecular weight excluding hydrogens is 299 g/mol. The first kappa shape index (κ1) is 12.7. The second kappa shape index (κ2) is 4.17. The molecule has 17 heavy (non-hydrogen) atoms. The Hall–Kier alpha value is -0.750. The molecule has 1 atom stereocenters. The second-order valence-electron chi connectivity index (χ2n) is 4.25. The summed E-state index contributed by atoms with van der Waals surface area (Å²) in [5.41, 5.74) is 4.95. The van der Waals surface area contributed by atoms with Crippen molar-refractivity contribution < 1.29 is 18.3 Å². The van der Waals surface area contributed by atoms with E-state index in [0.717, 1.165) is 18.9 Å². The summed E-state index contributed by atoms with van der Waals surface area (Å²) in [4.78, 5) is 0. The summed E-state index contributed by atoms with van der Waals surface area (Å²) in [6, 6.07) is 1.78. The molecule has 0 amide bonds. The van der Waals surface area contributed by atoms with Crippen LogP contribution in [0.4, 0.5) is 13.2 Å². The van der Waals surface area contributed by atoms with Gasteiger partial charge >= 0.3 is 6.18 Å². The number of aromatic hydroxyl groups is 1. The van der Waals surface area contributed by atoms with Crippen molar-refractivity contribution in [1.29, 1.82) is 0 Å². The van der Waals surface area contributed by atoms with Crippen LogP contribution in [0.5, 0.6) is 5.75 Å². The van der Waals surface area contributed by atoms with Gasteiger partial charge in [-0.25, -0.2) is 0 Å². The lowest BCUT2D eigenvalue weighted by molar-refractivity contribution is -0.138. The summed E-state index contributed by atoms with van der Waals surface area (Å²) in [6.07, 6.45) is -2.78. The van der Waals surface area contributed by atoms with E-state index in [9.17, 15) is 18.3 Å². The molecule has 2 rings (SSSR count). The van der Waals surface area contributed by atoms with Crippen LogP contribution in [0.2, 0.25) is 0 Å². The molecule has 1 fully saturated rings. The van der Waals surface area contributed by atoms with Crippen LogP contribution in [-0.2, 0) is 6.18 Å². The number of phenolic OH excluding ortho intramolecular Hbond substituents is 1. The maximum absolute atomic E-state index is 12.7. The normalized spacial score (nSPS) is 18.2. The van der Waals surface area contributed by atoms with Gasteiger partial charge in [-0.2, -0.15) is 13.2 Å². The van der Waals surface area contributed by atoms with Crippen LogP contribution in [0.25, 0.3) is 0 Å². The summed E-state index contributed by atoms with van der Waals surface area (Å²) >= 11 is 3.01. The average Bonchev–Trinajstić information content (AvgIpc) is 3.01. The molecule has 0 radical (unpaired) electrons. The molecule has 0 unspecified atom stereocenters. The summed E-state index contributed by atoms with van der Waals surface area (Å²) in [6.45, 7) is 0. The summed E-state index contributed by atoms with van der Waals surface area (Å²) < 4.78 is 38.3. The van der Waals surface area contributed by atoms with E-state index in [1.54, 1.807) is 0 Å². The Labute approximate surface area is 105 Å². The van der Waals surface area contributed by atoms with Gasteiger partial charge in [-0.05, 0) is 30.9 Å². The number of halogens is 4. The Bertz CT molecular complexity index is 443. The Morgan fingerprint density at radius 1 is 1.35 bits per heavy atom. The number of hydrogen-bond acceptors (Lipinski definition) is 2. The summed E-state index contributed by atoms with van der Waals surface area (Å²) in [5, 5.41) is 9.68. The zero-order valence-electron chi connectivity index (χ0n) is 8.76. The first-order valence-electron chi connectivity index (χ1n) is 5.16.